The number of nitrogens with one attached hydrogen (secondary N) is 2. The van der Waals surface area contributed by atoms with Crippen molar-refractivity contribution in [2.24, 2.45) is 4.99 Å². The SMILES string of the molecule is CCCN=C(NCC)NCCc1ccccn1.I. The van der Waals surface area contributed by atoms with Crippen LogP contribution in [0, 0.1) is 0 Å². The summed E-state index contributed by atoms with van der Waals surface area (Å²) in [6.45, 7) is 6.80. The Hall–Kier alpha value is -0.850. The fourth-order valence-corrected chi connectivity index (χ4v) is 1.42. The standard InChI is InChI=1S/C13H22N4.HI/c1-3-9-16-13(14-4-2)17-11-8-12-7-5-6-10-15-12;/h5-7,10H,3-4,8-9,11H2,1-2H3,(H2,14,16,17);1H. The van der Waals surface area contributed by atoms with E-state index in [0.717, 1.165) is 44.1 Å². The molecule has 0 aliphatic carbocycles. The maximum atomic E-state index is 4.44. The molecule has 0 radical (unpaired) electrons. The predicted molar refractivity (Wildman–Crippen MR) is 87.6 cm³/mol. The fourth-order valence-electron chi connectivity index (χ4n) is 1.42. The number of guanidine groups is 1. The molecule has 1 heterocycles. The minimum absolute atomic E-state index is 0. The van der Waals surface area contributed by atoms with Gasteiger partial charge in [-0.15, -0.1) is 24.0 Å². The Kier molecular flexibility index (Phi) is 10.7. The molecule has 0 aliphatic rings. The molecule has 0 spiro atoms. The summed E-state index contributed by atoms with van der Waals surface area (Å²) in [5.41, 5.74) is 1.10. The van der Waals surface area contributed by atoms with Crippen molar-refractivity contribution in [1.82, 2.24) is 15.6 Å². The van der Waals surface area contributed by atoms with Gasteiger partial charge in [-0.25, -0.2) is 0 Å². The van der Waals surface area contributed by atoms with E-state index in [2.05, 4.69) is 34.5 Å². The predicted octanol–water partition coefficient (Wildman–Crippen LogP) is 2.21. The van der Waals surface area contributed by atoms with Crippen LogP contribution in [-0.4, -0.2) is 30.6 Å². The molecule has 0 unspecified atom stereocenters. The van der Waals surface area contributed by atoms with Crippen molar-refractivity contribution in [1.29, 1.82) is 0 Å². The molecule has 1 rings (SSSR count). The summed E-state index contributed by atoms with van der Waals surface area (Å²) in [4.78, 5) is 8.72. The minimum Gasteiger partial charge on any atom is -0.357 e. The number of pyridine rings is 1. The van der Waals surface area contributed by atoms with Crippen LogP contribution in [0.4, 0.5) is 0 Å². The Labute approximate surface area is 127 Å². The lowest BCUT2D eigenvalue weighted by atomic mass is 10.3. The van der Waals surface area contributed by atoms with Gasteiger partial charge in [0.2, 0.25) is 0 Å². The first-order chi connectivity index (χ1) is 8.36. The normalized spacial score (nSPS) is 10.7. The first-order valence-electron chi connectivity index (χ1n) is 6.29. The Morgan fingerprint density at radius 3 is 2.72 bits per heavy atom. The molecule has 0 amide bonds. The molecule has 2 N–H and O–H groups in total. The molecule has 0 saturated heterocycles. The van der Waals surface area contributed by atoms with Crippen molar-refractivity contribution in [3.63, 3.8) is 0 Å². The maximum Gasteiger partial charge on any atom is 0.191 e. The first-order valence-corrected chi connectivity index (χ1v) is 6.29. The van der Waals surface area contributed by atoms with Crippen LogP contribution in [0.25, 0.3) is 0 Å². The number of hydrogen-bond donors (Lipinski definition) is 2. The summed E-state index contributed by atoms with van der Waals surface area (Å²) in [5.74, 6) is 0.894. The van der Waals surface area contributed by atoms with Crippen molar-refractivity contribution < 1.29 is 0 Å². The Bertz CT molecular complexity index is 327. The molecule has 1 aromatic heterocycles. The average Bonchev–Trinajstić information content (AvgIpc) is 2.37. The van der Waals surface area contributed by atoms with Crippen LogP contribution >= 0.6 is 24.0 Å². The molecule has 0 aliphatic heterocycles. The van der Waals surface area contributed by atoms with Crippen molar-refractivity contribution in [2.75, 3.05) is 19.6 Å². The van der Waals surface area contributed by atoms with Gasteiger partial charge in [0.05, 0.1) is 0 Å². The molecule has 102 valence electrons. The van der Waals surface area contributed by atoms with E-state index in [1.807, 2.05) is 24.4 Å². The number of hydrogen-bond acceptors (Lipinski definition) is 2. The second-order valence-electron chi connectivity index (χ2n) is 3.76. The number of nitrogens with zero attached hydrogens (tertiary/aromatic N) is 2. The van der Waals surface area contributed by atoms with Crippen molar-refractivity contribution in [3.05, 3.63) is 30.1 Å². The minimum atomic E-state index is 0. The number of aliphatic imine (C=N–C) groups is 1. The topological polar surface area (TPSA) is 49.3 Å². The quantitative estimate of drug-likeness (QED) is 0.464. The van der Waals surface area contributed by atoms with Gasteiger partial charge in [-0.1, -0.05) is 13.0 Å². The zero-order valence-electron chi connectivity index (χ0n) is 11.1. The van der Waals surface area contributed by atoms with Gasteiger partial charge in [0.25, 0.3) is 0 Å². The van der Waals surface area contributed by atoms with Crippen LogP contribution in [-0.2, 0) is 6.42 Å². The van der Waals surface area contributed by atoms with E-state index >= 15 is 0 Å². The van der Waals surface area contributed by atoms with Gasteiger partial charge >= 0.3 is 0 Å². The maximum absolute atomic E-state index is 4.44. The van der Waals surface area contributed by atoms with Crippen LogP contribution in [0.5, 0.6) is 0 Å². The van der Waals surface area contributed by atoms with E-state index in [0.29, 0.717) is 0 Å². The lowest BCUT2D eigenvalue weighted by Crippen LogP contribution is -2.38. The Morgan fingerprint density at radius 1 is 1.28 bits per heavy atom. The van der Waals surface area contributed by atoms with E-state index in [1.54, 1.807) is 0 Å². The molecule has 4 nitrogen and oxygen atoms in total. The second-order valence-corrected chi connectivity index (χ2v) is 3.76. The van der Waals surface area contributed by atoms with Gasteiger partial charge in [-0.05, 0) is 25.5 Å². The van der Waals surface area contributed by atoms with Gasteiger partial charge in [0.15, 0.2) is 5.96 Å². The summed E-state index contributed by atoms with van der Waals surface area (Å²) >= 11 is 0. The summed E-state index contributed by atoms with van der Waals surface area (Å²) < 4.78 is 0. The Balaban J connectivity index is 0.00000289. The third-order valence-electron chi connectivity index (χ3n) is 2.24. The number of rotatable bonds is 6. The largest absolute Gasteiger partial charge is 0.357 e. The molecular weight excluding hydrogens is 339 g/mol. The summed E-state index contributed by atoms with van der Waals surface area (Å²) in [7, 11) is 0. The van der Waals surface area contributed by atoms with E-state index in [1.165, 1.54) is 0 Å². The number of aromatic nitrogens is 1. The molecular formula is C13H23IN4. The highest BCUT2D eigenvalue weighted by atomic mass is 127. The highest BCUT2D eigenvalue weighted by molar-refractivity contribution is 14.0. The molecule has 0 atom stereocenters. The third kappa shape index (κ3) is 7.47. The molecule has 0 aromatic carbocycles. The van der Waals surface area contributed by atoms with Crippen LogP contribution in [0.2, 0.25) is 0 Å². The van der Waals surface area contributed by atoms with E-state index in [9.17, 15) is 0 Å². The second kappa shape index (κ2) is 11.3. The lowest BCUT2D eigenvalue weighted by Gasteiger charge is -2.10. The lowest BCUT2D eigenvalue weighted by molar-refractivity contribution is 0.783. The van der Waals surface area contributed by atoms with Crippen LogP contribution in [0.1, 0.15) is 26.0 Å². The highest BCUT2D eigenvalue weighted by Gasteiger charge is 1.97. The van der Waals surface area contributed by atoms with Crippen molar-refractivity contribution in [3.8, 4) is 0 Å². The van der Waals surface area contributed by atoms with Gasteiger partial charge < -0.3 is 10.6 Å². The van der Waals surface area contributed by atoms with Gasteiger partial charge in [-0.2, -0.15) is 0 Å². The molecule has 1 aromatic rings. The van der Waals surface area contributed by atoms with Crippen molar-refractivity contribution >= 4 is 29.9 Å². The summed E-state index contributed by atoms with van der Waals surface area (Å²) in [5, 5.41) is 6.53. The highest BCUT2D eigenvalue weighted by Crippen LogP contribution is 1.93. The van der Waals surface area contributed by atoms with Crippen LogP contribution in [0.15, 0.2) is 29.4 Å². The zero-order chi connectivity index (χ0) is 12.3. The first kappa shape index (κ1) is 17.2. The third-order valence-corrected chi connectivity index (χ3v) is 2.24. The van der Waals surface area contributed by atoms with E-state index in [4.69, 9.17) is 0 Å². The van der Waals surface area contributed by atoms with Gasteiger partial charge in [0.1, 0.15) is 0 Å². The summed E-state index contributed by atoms with van der Waals surface area (Å²) in [6, 6.07) is 5.99. The molecule has 0 saturated carbocycles. The zero-order valence-corrected chi connectivity index (χ0v) is 13.5. The van der Waals surface area contributed by atoms with Crippen LogP contribution in [0.3, 0.4) is 0 Å². The van der Waals surface area contributed by atoms with Gasteiger partial charge in [-0.3, -0.25) is 9.98 Å². The molecule has 0 bridgehead atoms. The van der Waals surface area contributed by atoms with Crippen LogP contribution < -0.4 is 10.6 Å². The monoisotopic (exact) mass is 362 g/mol. The van der Waals surface area contributed by atoms with Gasteiger partial charge in [0, 0.05) is 37.9 Å². The smallest absolute Gasteiger partial charge is 0.191 e. The van der Waals surface area contributed by atoms with Crippen molar-refractivity contribution in [2.45, 2.75) is 26.7 Å². The molecule has 0 fully saturated rings. The fraction of sp³-hybridized carbons (Fsp3) is 0.538. The summed E-state index contributed by atoms with van der Waals surface area (Å²) in [6.07, 6.45) is 3.81. The molecule has 5 heteroatoms. The number of halogens is 1. The average molecular weight is 362 g/mol. The van der Waals surface area contributed by atoms with E-state index in [-0.39, 0.29) is 24.0 Å². The van der Waals surface area contributed by atoms with E-state index < -0.39 is 0 Å². The Morgan fingerprint density at radius 2 is 2.11 bits per heavy atom. The molecule has 18 heavy (non-hydrogen) atoms.